The fraction of sp³-hybridized carbons (Fsp3) is 0.250. The lowest BCUT2D eigenvalue weighted by molar-refractivity contribution is -0.113. The van der Waals surface area contributed by atoms with E-state index in [1.165, 1.54) is 44.2 Å². The Morgan fingerprint density at radius 2 is 1.75 bits per heavy atom. The molecule has 32 heavy (non-hydrogen) atoms. The van der Waals surface area contributed by atoms with E-state index in [1.807, 2.05) is 11.5 Å². The Hall–Kier alpha value is -3.12. The lowest BCUT2D eigenvalue weighted by atomic mass is 10.1. The SMILES string of the molecule is CCn1c(SCC(=O)Nc2cc(C(=O)OC)cc(C(=O)OC)c2)nnc1-c1ccc(Br)o1. The summed E-state index contributed by atoms with van der Waals surface area (Å²) in [4.78, 5) is 36.3. The van der Waals surface area contributed by atoms with Crippen LogP contribution in [0, 0.1) is 0 Å². The molecule has 2 aromatic heterocycles. The average molecular weight is 523 g/mol. The molecule has 0 radical (unpaired) electrons. The monoisotopic (exact) mass is 522 g/mol. The normalized spacial score (nSPS) is 10.6. The van der Waals surface area contributed by atoms with Gasteiger partial charge in [0.1, 0.15) is 0 Å². The van der Waals surface area contributed by atoms with Crippen LogP contribution in [-0.2, 0) is 20.8 Å². The number of benzene rings is 1. The highest BCUT2D eigenvalue weighted by molar-refractivity contribution is 9.10. The number of nitrogens with zero attached hydrogens (tertiary/aromatic N) is 3. The quantitative estimate of drug-likeness (QED) is 0.348. The molecular weight excluding hydrogens is 504 g/mol. The molecule has 1 aromatic carbocycles. The summed E-state index contributed by atoms with van der Waals surface area (Å²) in [7, 11) is 2.45. The fourth-order valence-electron chi connectivity index (χ4n) is 2.80. The minimum Gasteiger partial charge on any atom is -0.465 e. The molecule has 168 valence electrons. The lowest BCUT2D eigenvalue weighted by Gasteiger charge is -2.10. The summed E-state index contributed by atoms with van der Waals surface area (Å²) in [5.41, 5.74) is 0.480. The number of amides is 1. The average Bonchev–Trinajstić information content (AvgIpc) is 3.41. The van der Waals surface area contributed by atoms with Crippen LogP contribution in [0.5, 0.6) is 0 Å². The Bertz CT molecular complexity index is 1120. The van der Waals surface area contributed by atoms with Gasteiger partial charge in [-0.1, -0.05) is 11.8 Å². The van der Waals surface area contributed by atoms with Crippen LogP contribution in [-0.4, -0.2) is 52.6 Å². The van der Waals surface area contributed by atoms with Gasteiger partial charge >= 0.3 is 11.9 Å². The molecule has 1 N–H and O–H groups in total. The molecule has 0 aliphatic carbocycles. The smallest absolute Gasteiger partial charge is 0.337 e. The first-order chi connectivity index (χ1) is 15.4. The van der Waals surface area contributed by atoms with Crippen molar-refractivity contribution >= 4 is 51.2 Å². The summed E-state index contributed by atoms with van der Waals surface area (Å²) < 4.78 is 17.3. The van der Waals surface area contributed by atoms with Gasteiger partial charge in [-0.05, 0) is 53.2 Å². The zero-order chi connectivity index (χ0) is 23.3. The van der Waals surface area contributed by atoms with Crippen molar-refractivity contribution in [2.45, 2.75) is 18.6 Å². The van der Waals surface area contributed by atoms with E-state index in [-0.39, 0.29) is 28.5 Å². The Labute approximate surface area is 195 Å². The van der Waals surface area contributed by atoms with E-state index in [1.54, 1.807) is 12.1 Å². The van der Waals surface area contributed by atoms with Crippen molar-refractivity contribution in [1.82, 2.24) is 14.8 Å². The third kappa shape index (κ3) is 5.37. The fourth-order valence-corrected chi connectivity index (χ4v) is 3.90. The number of rotatable bonds is 8. The van der Waals surface area contributed by atoms with Gasteiger partial charge in [0.25, 0.3) is 0 Å². The van der Waals surface area contributed by atoms with Crippen LogP contribution in [0.4, 0.5) is 5.69 Å². The van der Waals surface area contributed by atoms with E-state index < -0.39 is 11.9 Å². The van der Waals surface area contributed by atoms with Gasteiger partial charge < -0.3 is 19.2 Å². The molecule has 10 nitrogen and oxygen atoms in total. The Morgan fingerprint density at radius 3 is 2.28 bits per heavy atom. The molecular formula is C20H19BrN4O6S. The number of thioether (sulfide) groups is 1. The minimum absolute atomic E-state index is 0.0238. The van der Waals surface area contributed by atoms with E-state index in [0.717, 1.165) is 0 Å². The van der Waals surface area contributed by atoms with E-state index in [4.69, 9.17) is 13.9 Å². The van der Waals surface area contributed by atoms with Gasteiger partial charge in [-0.2, -0.15) is 0 Å². The second-order valence-electron chi connectivity index (χ2n) is 6.27. The number of ether oxygens (including phenoxy) is 2. The number of methoxy groups -OCH3 is 2. The zero-order valence-corrected chi connectivity index (χ0v) is 19.8. The topological polar surface area (TPSA) is 126 Å². The highest BCUT2D eigenvalue weighted by Crippen LogP contribution is 2.27. The van der Waals surface area contributed by atoms with Gasteiger partial charge in [0.2, 0.25) is 11.7 Å². The number of hydrogen-bond donors (Lipinski definition) is 1. The molecule has 12 heteroatoms. The number of carbonyl (C=O) groups is 3. The van der Waals surface area contributed by atoms with Crippen LogP contribution in [0.3, 0.4) is 0 Å². The maximum Gasteiger partial charge on any atom is 0.337 e. The van der Waals surface area contributed by atoms with Gasteiger partial charge in [-0.3, -0.25) is 9.36 Å². The van der Waals surface area contributed by atoms with Crippen molar-refractivity contribution in [3.8, 4) is 11.6 Å². The largest absolute Gasteiger partial charge is 0.465 e. The molecule has 0 saturated carbocycles. The van der Waals surface area contributed by atoms with Gasteiger partial charge in [0.05, 0.1) is 31.1 Å². The number of hydrogen-bond acceptors (Lipinski definition) is 9. The summed E-state index contributed by atoms with van der Waals surface area (Å²) in [5.74, 6) is -0.522. The number of furan rings is 1. The highest BCUT2D eigenvalue weighted by Gasteiger charge is 2.18. The third-order valence-corrected chi connectivity index (χ3v) is 5.61. The molecule has 3 rings (SSSR count). The predicted octanol–water partition coefficient (Wildman–Crippen LogP) is 3.62. The first-order valence-corrected chi connectivity index (χ1v) is 11.1. The molecule has 2 heterocycles. The standard InChI is InChI=1S/C20H19BrN4O6S/c1-4-25-17(14-5-6-15(21)31-14)23-24-20(25)32-10-16(26)22-13-8-11(18(27)29-2)7-12(9-13)19(28)30-3/h5-9H,4,10H2,1-3H3,(H,22,26). The maximum absolute atomic E-state index is 12.5. The number of halogens is 1. The van der Waals surface area contributed by atoms with Crippen molar-refractivity contribution < 1.29 is 28.3 Å². The van der Waals surface area contributed by atoms with E-state index in [9.17, 15) is 14.4 Å². The van der Waals surface area contributed by atoms with Gasteiger partial charge in [-0.25, -0.2) is 9.59 Å². The summed E-state index contributed by atoms with van der Waals surface area (Å²) >= 11 is 4.45. The molecule has 0 fully saturated rings. The number of nitrogens with one attached hydrogen (secondary N) is 1. The van der Waals surface area contributed by atoms with Gasteiger partial charge in [0.15, 0.2) is 15.6 Å². The molecule has 0 aliphatic heterocycles. The van der Waals surface area contributed by atoms with Crippen molar-refractivity contribution in [3.05, 3.63) is 46.1 Å². The van der Waals surface area contributed by atoms with Gasteiger partial charge in [0, 0.05) is 12.2 Å². The maximum atomic E-state index is 12.5. The highest BCUT2D eigenvalue weighted by atomic mass is 79.9. The molecule has 0 aliphatic rings. The van der Waals surface area contributed by atoms with Crippen LogP contribution in [0.2, 0.25) is 0 Å². The van der Waals surface area contributed by atoms with Gasteiger partial charge in [-0.15, -0.1) is 10.2 Å². The molecule has 1 amide bonds. The summed E-state index contributed by atoms with van der Waals surface area (Å²) in [6, 6.07) is 7.70. The molecule has 0 unspecified atom stereocenters. The van der Waals surface area contributed by atoms with Crippen LogP contribution in [0.1, 0.15) is 27.6 Å². The zero-order valence-electron chi connectivity index (χ0n) is 17.4. The van der Waals surface area contributed by atoms with Crippen molar-refractivity contribution in [1.29, 1.82) is 0 Å². The molecule has 0 atom stereocenters. The van der Waals surface area contributed by atoms with Crippen LogP contribution in [0.15, 0.2) is 44.6 Å². The molecule has 0 bridgehead atoms. The predicted molar refractivity (Wildman–Crippen MR) is 120 cm³/mol. The van der Waals surface area contributed by atoms with Crippen LogP contribution < -0.4 is 5.32 Å². The van der Waals surface area contributed by atoms with E-state index in [2.05, 4.69) is 31.4 Å². The summed E-state index contributed by atoms with van der Waals surface area (Å²) in [6.45, 7) is 2.51. The van der Waals surface area contributed by atoms with Crippen LogP contribution >= 0.6 is 27.7 Å². The number of esters is 2. The third-order valence-electron chi connectivity index (χ3n) is 4.22. The second kappa shape index (κ2) is 10.5. The minimum atomic E-state index is -0.645. The Kier molecular flexibility index (Phi) is 7.70. The second-order valence-corrected chi connectivity index (χ2v) is 8.00. The van der Waals surface area contributed by atoms with Crippen molar-refractivity contribution in [3.63, 3.8) is 0 Å². The molecule has 3 aromatic rings. The Balaban J connectivity index is 1.73. The lowest BCUT2D eigenvalue weighted by Crippen LogP contribution is -2.16. The molecule has 0 saturated heterocycles. The first-order valence-electron chi connectivity index (χ1n) is 9.29. The van der Waals surface area contributed by atoms with E-state index >= 15 is 0 Å². The summed E-state index contributed by atoms with van der Waals surface area (Å²) in [6.07, 6.45) is 0. The number of anilines is 1. The Morgan fingerprint density at radius 1 is 1.09 bits per heavy atom. The van der Waals surface area contributed by atoms with Crippen molar-refractivity contribution in [2.24, 2.45) is 0 Å². The van der Waals surface area contributed by atoms with E-state index in [0.29, 0.717) is 28.0 Å². The molecule has 0 spiro atoms. The number of carbonyl (C=O) groups excluding carboxylic acids is 3. The van der Waals surface area contributed by atoms with Crippen molar-refractivity contribution in [2.75, 3.05) is 25.3 Å². The summed E-state index contributed by atoms with van der Waals surface area (Å²) in [5, 5.41) is 11.5. The number of aromatic nitrogens is 3. The first kappa shape index (κ1) is 23.5. The van der Waals surface area contributed by atoms with Crippen LogP contribution in [0.25, 0.3) is 11.6 Å².